The van der Waals surface area contributed by atoms with E-state index >= 15 is 0 Å². The van der Waals surface area contributed by atoms with Crippen molar-refractivity contribution in [2.75, 3.05) is 18.8 Å². The number of halogens is 1. The van der Waals surface area contributed by atoms with E-state index in [0.29, 0.717) is 10.6 Å². The Labute approximate surface area is 188 Å². The first-order valence-electron chi connectivity index (χ1n) is 10.1. The number of thioether (sulfide) groups is 1. The molecule has 4 rings (SSSR count). The van der Waals surface area contributed by atoms with Crippen molar-refractivity contribution in [1.82, 2.24) is 15.2 Å². The standard InChI is InChI=1S/C23H22FN3O2S2/c24-18-8-5-16(6-9-18)22(19-4-3-13-30-19)26-20(28)15-31-21-10-7-17(14-25-21)23(29)27-11-1-2-12-27/h3-10,13-14,22H,1-2,11-12,15H2,(H,26,28)/t22-/m0/s1. The summed E-state index contributed by atoms with van der Waals surface area (Å²) in [6.07, 6.45) is 3.67. The van der Waals surface area contributed by atoms with Gasteiger partial charge in [-0.05, 0) is 54.1 Å². The molecule has 3 aromatic rings. The average Bonchev–Trinajstić information content (AvgIpc) is 3.51. The summed E-state index contributed by atoms with van der Waals surface area (Å²) < 4.78 is 13.3. The van der Waals surface area contributed by atoms with Gasteiger partial charge < -0.3 is 10.2 Å². The van der Waals surface area contributed by atoms with Crippen LogP contribution >= 0.6 is 23.1 Å². The average molecular weight is 456 g/mol. The Morgan fingerprint density at radius 2 is 1.90 bits per heavy atom. The molecule has 0 saturated carbocycles. The van der Waals surface area contributed by atoms with E-state index in [2.05, 4.69) is 10.3 Å². The lowest BCUT2D eigenvalue weighted by Gasteiger charge is -2.18. The zero-order valence-corrected chi connectivity index (χ0v) is 18.4. The number of carbonyl (C=O) groups is 2. The number of hydrogen-bond acceptors (Lipinski definition) is 5. The maximum atomic E-state index is 13.3. The highest BCUT2D eigenvalue weighted by molar-refractivity contribution is 7.99. The highest BCUT2D eigenvalue weighted by atomic mass is 32.2. The second kappa shape index (κ2) is 10.1. The number of likely N-dealkylation sites (tertiary alicyclic amines) is 1. The van der Waals surface area contributed by atoms with Gasteiger partial charge in [-0.15, -0.1) is 11.3 Å². The molecule has 31 heavy (non-hydrogen) atoms. The number of nitrogens with one attached hydrogen (secondary N) is 1. The lowest BCUT2D eigenvalue weighted by Crippen LogP contribution is -2.30. The summed E-state index contributed by atoms with van der Waals surface area (Å²) in [6.45, 7) is 1.60. The third-order valence-electron chi connectivity index (χ3n) is 5.06. The van der Waals surface area contributed by atoms with Gasteiger partial charge in [-0.2, -0.15) is 0 Å². The first kappa shape index (κ1) is 21.5. The van der Waals surface area contributed by atoms with E-state index in [4.69, 9.17) is 0 Å². The van der Waals surface area contributed by atoms with Crippen LogP contribution in [0.3, 0.4) is 0 Å². The van der Waals surface area contributed by atoms with Crippen LogP contribution in [0.15, 0.2) is 65.1 Å². The van der Waals surface area contributed by atoms with E-state index < -0.39 is 0 Å². The molecule has 2 aromatic heterocycles. The van der Waals surface area contributed by atoms with Gasteiger partial charge in [-0.1, -0.05) is 30.0 Å². The van der Waals surface area contributed by atoms with Gasteiger partial charge in [-0.25, -0.2) is 9.37 Å². The molecule has 1 saturated heterocycles. The molecule has 0 radical (unpaired) electrons. The van der Waals surface area contributed by atoms with E-state index in [0.717, 1.165) is 36.4 Å². The zero-order chi connectivity index (χ0) is 21.6. The van der Waals surface area contributed by atoms with Crippen molar-refractivity contribution in [2.45, 2.75) is 23.9 Å². The third-order valence-corrected chi connectivity index (χ3v) is 6.95. The summed E-state index contributed by atoms with van der Waals surface area (Å²) in [5.41, 5.74) is 1.40. The molecule has 1 aliphatic heterocycles. The second-order valence-corrected chi connectivity index (χ2v) is 9.22. The molecule has 5 nitrogen and oxygen atoms in total. The molecular weight excluding hydrogens is 433 g/mol. The van der Waals surface area contributed by atoms with E-state index in [1.807, 2.05) is 22.4 Å². The molecule has 0 spiro atoms. The summed E-state index contributed by atoms with van der Waals surface area (Å²) >= 11 is 2.85. The summed E-state index contributed by atoms with van der Waals surface area (Å²) in [5, 5.41) is 5.66. The van der Waals surface area contributed by atoms with Crippen LogP contribution in [0.5, 0.6) is 0 Å². The molecule has 2 amide bonds. The van der Waals surface area contributed by atoms with Gasteiger partial charge in [0.05, 0.1) is 22.4 Å². The fraction of sp³-hybridized carbons (Fsp3) is 0.261. The Morgan fingerprint density at radius 3 is 2.55 bits per heavy atom. The van der Waals surface area contributed by atoms with Crippen LogP contribution in [0, 0.1) is 5.82 Å². The predicted octanol–water partition coefficient (Wildman–Crippen LogP) is 4.52. The fourth-order valence-corrected chi connectivity index (χ4v) is 4.92. The lowest BCUT2D eigenvalue weighted by atomic mass is 10.1. The van der Waals surface area contributed by atoms with Crippen molar-refractivity contribution in [3.63, 3.8) is 0 Å². The monoisotopic (exact) mass is 455 g/mol. The van der Waals surface area contributed by atoms with Crippen LogP contribution in [-0.4, -0.2) is 40.5 Å². The number of aromatic nitrogens is 1. The van der Waals surface area contributed by atoms with Crippen molar-refractivity contribution in [3.05, 3.63) is 81.9 Å². The third kappa shape index (κ3) is 5.51. The first-order valence-corrected chi connectivity index (χ1v) is 11.9. The summed E-state index contributed by atoms with van der Waals surface area (Å²) in [7, 11) is 0. The van der Waals surface area contributed by atoms with Gasteiger partial charge in [-0.3, -0.25) is 9.59 Å². The molecular formula is C23H22FN3O2S2. The van der Waals surface area contributed by atoms with Crippen LogP contribution in [-0.2, 0) is 4.79 Å². The highest BCUT2D eigenvalue weighted by Crippen LogP contribution is 2.27. The summed E-state index contributed by atoms with van der Waals surface area (Å²) in [4.78, 5) is 32.2. The Hall–Kier alpha value is -2.71. The summed E-state index contributed by atoms with van der Waals surface area (Å²) in [5.74, 6) is -0.257. The van der Waals surface area contributed by atoms with E-state index in [1.165, 1.54) is 35.2 Å². The van der Waals surface area contributed by atoms with Crippen LogP contribution in [0.1, 0.15) is 39.7 Å². The number of rotatable bonds is 7. The normalized spacial score (nSPS) is 14.4. The van der Waals surface area contributed by atoms with Gasteiger partial charge in [0.25, 0.3) is 5.91 Å². The molecule has 1 aromatic carbocycles. The molecule has 0 bridgehead atoms. The number of benzene rings is 1. The minimum Gasteiger partial charge on any atom is -0.344 e. The van der Waals surface area contributed by atoms with Gasteiger partial charge in [0, 0.05) is 24.2 Å². The van der Waals surface area contributed by atoms with Crippen molar-refractivity contribution in [2.24, 2.45) is 0 Å². The largest absolute Gasteiger partial charge is 0.344 e. The van der Waals surface area contributed by atoms with Crippen LogP contribution in [0.2, 0.25) is 0 Å². The van der Waals surface area contributed by atoms with Crippen molar-refractivity contribution < 1.29 is 14.0 Å². The topological polar surface area (TPSA) is 62.3 Å². The zero-order valence-electron chi connectivity index (χ0n) is 16.8. The quantitative estimate of drug-likeness (QED) is 0.532. The molecule has 3 heterocycles. The lowest BCUT2D eigenvalue weighted by molar-refractivity contribution is -0.119. The number of nitrogens with zero attached hydrogens (tertiary/aromatic N) is 2. The molecule has 1 N–H and O–H groups in total. The Bertz CT molecular complexity index is 1020. The molecule has 8 heteroatoms. The van der Waals surface area contributed by atoms with Gasteiger partial charge >= 0.3 is 0 Å². The molecule has 0 aliphatic carbocycles. The Kier molecular flexibility index (Phi) is 6.99. The van der Waals surface area contributed by atoms with Crippen molar-refractivity contribution in [3.8, 4) is 0 Å². The van der Waals surface area contributed by atoms with Gasteiger partial charge in [0.1, 0.15) is 5.82 Å². The van der Waals surface area contributed by atoms with Crippen LogP contribution in [0.25, 0.3) is 0 Å². The number of pyridine rings is 1. The minimum atomic E-state index is -0.331. The smallest absolute Gasteiger partial charge is 0.255 e. The SMILES string of the molecule is O=C(CSc1ccc(C(=O)N2CCCC2)cn1)N[C@@H](c1ccc(F)cc1)c1cccs1. The Balaban J connectivity index is 1.36. The summed E-state index contributed by atoms with van der Waals surface area (Å²) in [6, 6.07) is 13.2. The maximum Gasteiger partial charge on any atom is 0.255 e. The number of carbonyl (C=O) groups excluding carboxylic acids is 2. The van der Waals surface area contributed by atoms with E-state index in [-0.39, 0.29) is 29.4 Å². The minimum absolute atomic E-state index is 0.0115. The second-order valence-electron chi connectivity index (χ2n) is 7.24. The van der Waals surface area contributed by atoms with Crippen molar-refractivity contribution >= 4 is 34.9 Å². The highest BCUT2D eigenvalue weighted by Gasteiger charge is 2.20. The molecule has 160 valence electrons. The first-order chi connectivity index (χ1) is 15.1. The maximum absolute atomic E-state index is 13.3. The number of amides is 2. The molecule has 1 aliphatic rings. The molecule has 0 unspecified atom stereocenters. The van der Waals surface area contributed by atoms with E-state index in [1.54, 1.807) is 30.5 Å². The van der Waals surface area contributed by atoms with E-state index in [9.17, 15) is 14.0 Å². The number of hydrogen-bond donors (Lipinski definition) is 1. The molecule has 1 atom stereocenters. The van der Waals surface area contributed by atoms with Crippen LogP contribution < -0.4 is 5.32 Å². The van der Waals surface area contributed by atoms with Crippen LogP contribution in [0.4, 0.5) is 4.39 Å². The fourth-order valence-electron chi connectivity index (χ4n) is 3.47. The number of thiophene rings is 1. The Morgan fingerprint density at radius 1 is 1.13 bits per heavy atom. The van der Waals surface area contributed by atoms with Gasteiger partial charge in [0.15, 0.2) is 0 Å². The van der Waals surface area contributed by atoms with Gasteiger partial charge in [0.2, 0.25) is 5.91 Å². The molecule has 1 fully saturated rings. The van der Waals surface area contributed by atoms with Crippen molar-refractivity contribution in [1.29, 1.82) is 0 Å². The predicted molar refractivity (Wildman–Crippen MR) is 121 cm³/mol.